The quantitative estimate of drug-likeness (QED) is 0.890. The van der Waals surface area contributed by atoms with Gasteiger partial charge in [0.15, 0.2) is 5.13 Å². The Kier molecular flexibility index (Phi) is 3.44. The van der Waals surface area contributed by atoms with Crippen LogP contribution in [-0.2, 0) is 12.8 Å². The van der Waals surface area contributed by atoms with Gasteiger partial charge < -0.3 is 11.1 Å². The van der Waals surface area contributed by atoms with Crippen LogP contribution in [0.25, 0.3) is 0 Å². The Morgan fingerprint density at radius 3 is 2.90 bits per heavy atom. The molecule has 3 rings (SSSR count). The smallest absolute Gasteiger partial charge is 0.251 e. The number of fused-ring (bicyclic) bond motifs is 1. The van der Waals surface area contributed by atoms with Crippen LogP contribution in [0.5, 0.6) is 0 Å². The minimum absolute atomic E-state index is 0.00376. The molecule has 1 aromatic carbocycles. The van der Waals surface area contributed by atoms with E-state index in [1.165, 1.54) is 16.2 Å². The molecule has 0 radical (unpaired) electrons. The van der Waals surface area contributed by atoms with Crippen LogP contribution in [0.4, 0.5) is 5.13 Å². The van der Waals surface area contributed by atoms with Gasteiger partial charge in [0, 0.05) is 22.9 Å². The molecule has 104 valence electrons. The Labute approximate surface area is 122 Å². The first-order chi connectivity index (χ1) is 9.61. The molecule has 1 aliphatic rings. The first-order valence-corrected chi connectivity index (χ1v) is 7.55. The fraction of sp³-hybridized carbons (Fsp3) is 0.333. The number of nitrogens with zero attached hydrogens (tertiary/aromatic N) is 1. The molecule has 5 heteroatoms. The number of nitrogens with two attached hydrogens (primary N) is 1. The van der Waals surface area contributed by atoms with Gasteiger partial charge in [-0.25, -0.2) is 4.98 Å². The van der Waals surface area contributed by atoms with Crippen LogP contribution < -0.4 is 11.1 Å². The lowest BCUT2D eigenvalue weighted by atomic mass is 9.97. The number of carbonyl (C=O) groups is 1. The zero-order valence-electron chi connectivity index (χ0n) is 11.3. The Morgan fingerprint density at radius 1 is 1.40 bits per heavy atom. The van der Waals surface area contributed by atoms with Gasteiger partial charge in [-0.05, 0) is 31.9 Å². The number of aromatic nitrogens is 1. The fourth-order valence-electron chi connectivity index (χ4n) is 2.49. The van der Waals surface area contributed by atoms with Gasteiger partial charge in [-0.3, -0.25) is 4.79 Å². The monoisotopic (exact) mass is 287 g/mol. The number of hydrogen-bond donors (Lipinski definition) is 2. The van der Waals surface area contributed by atoms with E-state index in [9.17, 15) is 4.79 Å². The minimum Gasteiger partial charge on any atom is -0.375 e. The summed E-state index contributed by atoms with van der Waals surface area (Å²) < 4.78 is 0. The van der Waals surface area contributed by atoms with Crippen LogP contribution in [0.1, 0.15) is 32.9 Å². The molecule has 1 aliphatic carbocycles. The first-order valence-electron chi connectivity index (χ1n) is 6.73. The molecule has 3 N–H and O–H groups in total. The molecule has 0 aliphatic heterocycles. The van der Waals surface area contributed by atoms with Gasteiger partial charge in [0.25, 0.3) is 5.91 Å². The summed E-state index contributed by atoms with van der Waals surface area (Å²) in [5.41, 5.74) is 8.70. The number of carbonyl (C=O) groups excluding carboxylic acids is 1. The molecule has 4 nitrogen and oxygen atoms in total. The van der Waals surface area contributed by atoms with E-state index in [1.807, 2.05) is 31.2 Å². The van der Waals surface area contributed by atoms with E-state index in [1.54, 1.807) is 0 Å². The zero-order chi connectivity index (χ0) is 14.1. The molecule has 0 saturated heterocycles. The summed E-state index contributed by atoms with van der Waals surface area (Å²) in [5, 5.41) is 3.73. The predicted octanol–water partition coefficient (Wildman–Crippen LogP) is 2.32. The average molecular weight is 287 g/mol. The summed E-state index contributed by atoms with van der Waals surface area (Å²) in [6.45, 7) is 2.01. The van der Waals surface area contributed by atoms with Crippen LogP contribution in [-0.4, -0.2) is 16.9 Å². The molecule has 1 unspecified atom stereocenters. The van der Waals surface area contributed by atoms with E-state index >= 15 is 0 Å². The number of amides is 1. The van der Waals surface area contributed by atoms with Gasteiger partial charge in [-0.1, -0.05) is 17.7 Å². The van der Waals surface area contributed by atoms with Crippen molar-refractivity contribution in [3.8, 4) is 0 Å². The number of rotatable bonds is 2. The van der Waals surface area contributed by atoms with E-state index < -0.39 is 0 Å². The van der Waals surface area contributed by atoms with Crippen molar-refractivity contribution < 1.29 is 4.79 Å². The molecular formula is C15H17N3OS. The maximum atomic E-state index is 12.2. The number of aryl methyl sites for hydroxylation is 2. The molecule has 1 heterocycles. The largest absolute Gasteiger partial charge is 0.375 e. The van der Waals surface area contributed by atoms with Gasteiger partial charge >= 0.3 is 0 Å². The van der Waals surface area contributed by atoms with Gasteiger partial charge in [0.1, 0.15) is 0 Å². The maximum Gasteiger partial charge on any atom is 0.251 e. The third kappa shape index (κ3) is 2.67. The van der Waals surface area contributed by atoms with Crippen molar-refractivity contribution in [3.63, 3.8) is 0 Å². The van der Waals surface area contributed by atoms with Crippen molar-refractivity contribution >= 4 is 22.4 Å². The summed E-state index contributed by atoms with van der Waals surface area (Å²) in [6, 6.07) is 7.82. The molecule has 1 amide bonds. The van der Waals surface area contributed by atoms with E-state index in [0.717, 1.165) is 30.5 Å². The van der Waals surface area contributed by atoms with E-state index in [2.05, 4.69) is 10.3 Å². The minimum atomic E-state index is -0.00376. The third-order valence-corrected chi connectivity index (χ3v) is 4.55. The summed E-state index contributed by atoms with van der Waals surface area (Å²) in [7, 11) is 0. The predicted molar refractivity (Wildman–Crippen MR) is 81.0 cm³/mol. The van der Waals surface area contributed by atoms with Crippen LogP contribution in [0.2, 0.25) is 0 Å². The Morgan fingerprint density at radius 2 is 2.15 bits per heavy atom. The highest BCUT2D eigenvalue weighted by molar-refractivity contribution is 7.15. The van der Waals surface area contributed by atoms with Gasteiger partial charge in [-0.15, -0.1) is 11.3 Å². The Balaban J connectivity index is 1.67. The highest BCUT2D eigenvalue weighted by Crippen LogP contribution is 2.28. The van der Waals surface area contributed by atoms with Crippen LogP contribution in [0.3, 0.4) is 0 Å². The maximum absolute atomic E-state index is 12.2. The molecule has 0 spiro atoms. The summed E-state index contributed by atoms with van der Waals surface area (Å²) in [5.74, 6) is -0.00376. The first kappa shape index (κ1) is 13.1. The molecule has 0 fully saturated rings. The number of hydrogen-bond acceptors (Lipinski definition) is 4. The van der Waals surface area contributed by atoms with Crippen molar-refractivity contribution in [2.45, 2.75) is 32.2 Å². The summed E-state index contributed by atoms with van der Waals surface area (Å²) in [4.78, 5) is 17.7. The molecule has 20 heavy (non-hydrogen) atoms. The van der Waals surface area contributed by atoms with Gasteiger partial charge in [-0.2, -0.15) is 0 Å². The number of anilines is 1. The van der Waals surface area contributed by atoms with Crippen LogP contribution in [0, 0.1) is 6.92 Å². The molecule has 1 aromatic heterocycles. The van der Waals surface area contributed by atoms with Gasteiger partial charge in [0.2, 0.25) is 0 Å². The lowest BCUT2D eigenvalue weighted by molar-refractivity contribution is 0.0934. The summed E-state index contributed by atoms with van der Waals surface area (Å²) in [6.07, 6.45) is 2.65. The van der Waals surface area contributed by atoms with Gasteiger partial charge in [0.05, 0.1) is 5.69 Å². The lowest BCUT2D eigenvalue weighted by Gasteiger charge is -2.22. The lowest BCUT2D eigenvalue weighted by Crippen LogP contribution is -2.38. The molecule has 2 aromatic rings. The average Bonchev–Trinajstić information content (AvgIpc) is 2.78. The van der Waals surface area contributed by atoms with Crippen LogP contribution in [0.15, 0.2) is 24.3 Å². The molecule has 0 bridgehead atoms. The van der Waals surface area contributed by atoms with Crippen molar-refractivity contribution in [2.24, 2.45) is 0 Å². The summed E-state index contributed by atoms with van der Waals surface area (Å²) >= 11 is 1.53. The van der Waals surface area contributed by atoms with Crippen molar-refractivity contribution in [3.05, 3.63) is 46.0 Å². The fourth-order valence-corrected chi connectivity index (χ4v) is 3.45. The number of benzene rings is 1. The third-order valence-electron chi connectivity index (χ3n) is 3.61. The van der Waals surface area contributed by atoms with Crippen molar-refractivity contribution in [1.29, 1.82) is 0 Å². The SMILES string of the molecule is Cc1ccc(C(=O)NC2CCc3nc(N)sc3C2)cc1. The highest BCUT2D eigenvalue weighted by atomic mass is 32.1. The molecular weight excluding hydrogens is 270 g/mol. The Bertz CT molecular complexity index is 633. The number of thiazole rings is 1. The zero-order valence-corrected chi connectivity index (χ0v) is 12.2. The standard InChI is InChI=1S/C15H17N3OS/c1-9-2-4-10(5-3-9)14(19)17-11-6-7-12-13(8-11)20-15(16)18-12/h2-5,11H,6-8H2,1H3,(H2,16,18)(H,17,19). The van der Waals surface area contributed by atoms with E-state index in [-0.39, 0.29) is 11.9 Å². The van der Waals surface area contributed by atoms with Crippen molar-refractivity contribution in [2.75, 3.05) is 5.73 Å². The number of nitrogens with one attached hydrogen (secondary N) is 1. The molecule has 1 atom stereocenters. The second-order valence-electron chi connectivity index (χ2n) is 5.20. The molecule has 0 saturated carbocycles. The van der Waals surface area contributed by atoms with E-state index in [4.69, 9.17) is 5.73 Å². The second-order valence-corrected chi connectivity index (χ2v) is 6.32. The normalized spacial score (nSPS) is 17.6. The van der Waals surface area contributed by atoms with Crippen molar-refractivity contribution in [1.82, 2.24) is 10.3 Å². The highest BCUT2D eigenvalue weighted by Gasteiger charge is 2.23. The van der Waals surface area contributed by atoms with E-state index in [0.29, 0.717) is 10.7 Å². The number of nitrogen functional groups attached to an aromatic ring is 1. The van der Waals surface area contributed by atoms with Crippen LogP contribution >= 0.6 is 11.3 Å². The Hall–Kier alpha value is -1.88. The topological polar surface area (TPSA) is 68.0 Å². The second kappa shape index (κ2) is 5.25.